The maximum atomic E-state index is 11.5. The molecule has 0 radical (unpaired) electrons. The van der Waals surface area contributed by atoms with Crippen LogP contribution in [0.3, 0.4) is 0 Å². The molecular formula is C16H19N3O. The van der Waals surface area contributed by atoms with Gasteiger partial charge in [0.25, 0.3) is 0 Å². The zero-order valence-corrected chi connectivity index (χ0v) is 12.1. The largest absolute Gasteiger partial charge is 0.354 e. The van der Waals surface area contributed by atoms with Gasteiger partial charge in [-0.3, -0.25) is 4.79 Å². The number of hydrogen-bond acceptors (Lipinski definition) is 2. The molecule has 0 atom stereocenters. The highest BCUT2D eigenvalue weighted by molar-refractivity contribution is 5.85. The minimum atomic E-state index is -0.221. The van der Waals surface area contributed by atoms with Gasteiger partial charge in [0.15, 0.2) is 0 Å². The van der Waals surface area contributed by atoms with Crippen molar-refractivity contribution in [3.63, 3.8) is 0 Å². The van der Waals surface area contributed by atoms with Crippen LogP contribution >= 0.6 is 0 Å². The van der Waals surface area contributed by atoms with Crippen LogP contribution < -0.4 is 5.32 Å². The zero-order valence-electron chi connectivity index (χ0n) is 12.1. The molecule has 4 nitrogen and oxygen atoms in total. The fourth-order valence-corrected chi connectivity index (χ4v) is 2.43. The van der Waals surface area contributed by atoms with Gasteiger partial charge >= 0.3 is 0 Å². The lowest BCUT2D eigenvalue weighted by atomic mass is 9.84. The molecule has 1 heterocycles. The smallest absolute Gasteiger partial charge is 0.234 e. The minimum absolute atomic E-state index is 0.0916. The third-order valence-electron chi connectivity index (χ3n) is 3.59. The molecule has 104 valence electrons. The van der Waals surface area contributed by atoms with Crippen molar-refractivity contribution in [2.75, 3.05) is 6.54 Å². The number of aryl methyl sites for hydroxylation is 1. The molecule has 0 saturated heterocycles. The van der Waals surface area contributed by atoms with Gasteiger partial charge < -0.3 is 9.88 Å². The van der Waals surface area contributed by atoms with Crippen LogP contribution in [0.15, 0.2) is 30.5 Å². The topological polar surface area (TPSA) is 57.8 Å². The first-order valence-corrected chi connectivity index (χ1v) is 6.64. The first-order valence-electron chi connectivity index (χ1n) is 6.64. The third-order valence-corrected chi connectivity index (χ3v) is 3.59. The van der Waals surface area contributed by atoms with Gasteiger partial charge in [-0.1, -0.05) is 32.0 Å². The predicted molar refractivity (Wildman–Crippen MR) is 79.2 cm³/mol. The lowest BCUT2D eigenvalue weighted by molar-refractivity contribution is -0.120. The Kier molecular flexibility index (Phi) is 3.80. The Morgan fingerprint density at radius 3 is 2.80 bits per heavy atom. The van der Waals surface area contributed by atoms with E-state index in [4.69, 9.17) is 5.26 Å². The Morgan fingerprint density at radius 1 is 1.40 bits per heavy atom. The molecule has 0 aliphatic heterocycles. The molecule has 0 unspecified atom stereocenters. The van der Waals surface area contributed by atoms with Gasteiger partial charge in [-0.2, -0.15) is 5.26 Å². The van der Waals surface area contributed by atoms with Crippen molar-refractivity contribution in [2.45, 2.75) is 25.7 Å². The van der Waals surface area contributed by atoms with Crippen LogP contribution in [0.2, 0.25) is 0 Å². The second-order valence-electron chi connectivity index (χ2n) is 5.67. The van der Waals surface area contributed by atoms with Crippen molar-refractivity contribution in [2.24, 2.45) is 7.05 Å². The first kappa shape index (κ1) is 14.1. The molecule has 20 heavy (non-hydrogen) atoms. The molecule has 0 saturated carbocycles. The number of rotatable bonds is 4. The fraction of sp³-hybridized carbons (Fsp3) is 0.375. The van der Waals surface area contributed by atoms with Gasteiger partial charge in [0.2, 0.25) is 5.91 Å². The second kappa shape index (κ2) is 5.38. The lowest BCUT2D eigenvalue weighted by Crippen LogP contribution is -2.36. The predicted octanol–water partition coefficient (Wildman–Crippen LogP) is 2.49. The molecule has 4 heteroatoms. The summed E-state index contributed by atoms with van der Waals surface area (Å²) in [7, 11) is 2.02. The number of aromatic nitrogens is 1. The van der Waals surface area contributed by atoms with Gasteiger partial charge in [0.1, 0.15) is 6.42 Å². The average Bonchev–Trinajstić information content (AvgIpc) is 2.76. The number of hydrogen-bond donors (Lipinski definition) is 1. The van der Waals surface area contributed by atoms with Gasteiger partial charge in [-0.15, -0.1) is 0 Å². The van der Waals surface area contributed by atoms with E-state index in [2.05, 4.69) is 42.1 Å². The van der Waals surface area contributed by atoms with Crippen LogP contribution in [0.4, 0.5) is 0 Å². The van der Waals surface area contributed by atoms with Crippen LogP contribution in [-0.4, -0.2) is 17.0 Å². The van der Waals surface area contributed by atoms with Crippen molar-refractivity contribution >= 4 is 16.8 Å². The zero-order chi connectivity index (χ0) is 14.8. The minimum Gasteiger partial charge on any atom is -0.354 e. The Morgan fingerprint density at radius 2 is 2.10 bits per heavy atom. The quantitative estimate of drug-likeness (QED) is 0.927. The summed E-state index contributed by atoms with van der Waals surface area (Å²) >= 11 is 0. The van der Waals surface area contributed by atoms with Crippen LogP contribution in [-0.2, 0) is 17.3 Å². The number of benzene rings is 1. The lowest BCUT2D eigenvalue weighted by Gasteiger charge is -2.24. The number of nitrogens with zero attached hydrogens (tertiary/aromatic N) is 2. The van der Waals surface area contributed by atoms with Crippen molar-refractivity contribution in [3.05, 3.63) is 36.0 Å². The normalized spacial score (nSPS) is 11.3. The molecule has 0 aliphatic rings. The molecule has 1 aromatic carbocycles. The number of carbonyl (C=O) groups excluding carboxylic acids is 1. The van der Waals surface area contributed by atoms with E-state index in [0.29, 0.717) is 6.54 Å². The molecule has 0 spiro atoms. The van der Waals surface area contributed by atoms with Crippen molar-refractivity contribution in [1.82, 2.24) is 9.88 Å². The number of carbonyl (C=O) groups is 1. The maximum Gasteiger partial charge on any atom is 0.234 e. The maximum absolute atomic E-state index is 11.5. The summed E-state index contributed by atoms with van der Waals surface area (Å²) in [4.78, 5) is 11.5. The number of amides is 1. The van der Waals surface area contributed by atoms with Gasteiger partial charge in [-0.05, 0) is 11.6 Å². The molecule has 1 N–H and O–H groups in total. The summed E-state index contributed by atoms with van der Waals surface area (Å²) in [6.07, 6.45) is 2.02. The van der Waals surface area contributed by atoms with Crippen molar-refractivity contribution < 1.29 is 4.79 Å². The average molecular weight is 269 g/mol. The van der Waals surface area contributed by atoms with E-state index in [1.807, 2.05) is 25.2 Å². The van der Waals surface area contributed by atoms with E-state index in [-0.39, 0.29) is 17.7 Å². The number of nitriles is 1. The summed E-state index contributed by atoms with van der Waals surface area (Å²) in [5, 5.41) is 12.5. The number of para-hydroxylation sites is 1. The fourth-order valence-electron chi connectivity index (χ4n) is 2.43. The first-order chi connectivity index (χ1) is 9.45. The Balaban J connectivity index is 2.28. The highest BCUT2D eigenvalue weighted by Crippen LogP contribution is 2.31. The van der Waals surface area contributed by atoms with E-state index >= 15 is 0 Å². The molecule has 2 aromatic rings. The van der Waals surface area contributed by atoms with Crippen LogP contribution in [0.1, 0.15) is 25.8 Å². The van der Waals surface area contributed by atoms with E-state index in [0.717, 1.165) is 0 Å². The summed E-state index contributed by atoms with van der Waals surface area (Å²) in [5.74, 6) is -0.221. The van der Waals surface area contributed by atoms with E-state index in [1.54, 1.807) is 0 Å². The van der Waals surface area contributed by atoms with Crippen LogP contribution in [0, 0.1) is 11.3 Å². The highest BCUT2D eigenvalue weighted by Gasteiger charge is 2.25. The molecule has 0 bridgehead atoms. The Hall–Kier alpha value is -2.28. The van der Waals surface area contributed by atoms with Crippen molar-refractivity contribution in [3.8, 4) is 6.07 Å². The summed E-state index contributed by atoms with van der Waals surface area (Å²) in [5.41, 5.74) is 2.19. The SMILES string of the molecule is Cn1cc(C(C)(C)CNC(=O)CC#N)c2ccccc21. The molecule has 0 aliphatic carbocycles. The monoisotopic (exact) mass is 269 g/mol. The standard InChI is InChI=1S/C16H19N3O/c1-16(2,11-18-15(20)8-9-17)13-10-19(3)14-7-5-4-6-12(13)14/h4-7,10H,8,11H2,1-3H3,(H,18,20). The summed E-state index contributed by atoms with van der Waals surface area (Å²) in [6, 6.07) is 10.1. The second-order valence-corrected chi connectivity index (χ2v) is 5.67. The number of fused-ring (bicyclic) bond motifs is 1. The Labute approximate surface area is 119 Å². The number of nitrogens with one attached hydrogen (secondary N) is 1. The summed E-state index contributed by atoms with van der Waals surface area (Å²) < 4.78 is 2.10. The molecule has 0 fully saturated rings. The molecule has 1 aromatic heterocycles. The molecular weight excluding hydrogens is 250 g/mol. The van der Waals surface area contributed by atoms with E-state index in [9.17, 15) is 4.79 Å². The van der Waals surface area contributed by atoms with E-state index < -0.39 is 0 Å². The van der Waals surface area contributed by atoms with Gasteiger partial charge in [-0.25, -0.2) is 0 Å². The van der Waals surface area contributed by atoms with Crippen LogP contribution in [0.25, 0.3) is 10.9 Å². The van der Waals surface area contributed by atoms with E-state index in [1.165, 1.54) is 16.5 Å². The Bertz CT molecular complexity index is 677. The summed E-state index contributed by atoms with van der Waals surface area (Å²) in [6.45, 7) is 4.71. The van der Waals surface area contributed by atoms with Gasteiger partial charge in [0, 0.05) is 36.1 Å². The highest BCUT2D eigenvalue weighted by atomic mass is 16.1. The molecule has 1 amide bonds. The third kappa shape index (κ3) is 2.67. The van der Waals surface area contributed by atoms with Gasteiger partial charge in [0.05, 0.1) is 6.07 Å². The van der Waals surface area contributed by atoms with Crippen LogP contribution in [0.5, 0.6) is 0 Å². The molecule has 2 rings (SSSR count). The van der Waals surface area contributed by atoms with Crippen molar-refractivity contribution in [1.29, 1.82) is 5.26 Å².